The van der Waals surface area contributed by atoms with E-state index < -0.39 is 0 Å². The Hall–Kier alpha value is -1.36. The van der Waals surface area contributed by atoms with Crippen LogP contribution in [-0.2, 0) is 0 Å². The SMILES string of the molecule is CCNc1ncnc(N2CCC(N3CCCCC3)C2)c1C. The maximum absolute atomic E-state index is 4.54. The van der Waals surface area contributed by atoms with Gasteiger partial charge in [-0.15, -0.1) is 0 Å². The van der Waals surface area contributed by atoms with E-state index in [1.165, 1.54) is 44.3 Å². The Bertz CT molecular complexity index is 470. The maximum Gasteiger partial charge on any atom is 0.137 e. The quantitative estimate of drug-likeness (QED) is 0.921. The molecule has 0 radical (unpaired) electrons. The number of piperidine rings is 1. The molecule has 116 valence electrons. The molecule has 0 saturated carbocycles. The normalized spacial score (nSPS) is 23.5. The molecule has 1 unspecified atom stereocenters. The summed E-state index contributed by atoms with van der Waals surface area (Å²) in [6.45, 7) is 9.92. The molecule has 1 aromatic heterocycles. The molecule has 3 rings (SSSR count). The van der Waals surface area contributed by atoms with Gasteiger partial charge in [-0.1, -0.05) is 6.42 Å². The molecule has 2 saturated heterocycles. The standard InChI is InChI=1S/C16H27N5/c1-3-17-15-13(2)16(19-12-18-15)21-10-7-14(11-21)20-8-5-4-6-9-20/h12,14H,3-11H2,1-2H3,(H,17,18,19). The highest BCUT2D eigenvalue weighted by Gasteiger charge is 2.30. The van der Waals surface area contributed by atoms with Crippen LogP contribution in [0.2, 0.25) is 0 Å². The second-order valence-corrected chi connectivity index (χ2v) is 6.19. The second kappa shape index (κ2) is 6.60. The van der Waals surface area contributed by atoms with Gasteiger partial charge < -0.3 is 10.2 Å². The number of nitrogens with one attached hydrogen (secondary N) is 1. The van der Waals surface area contributed by atoms with Crippen LogP contribution in [0.1, 0.15) is 38.2 Å². The summed E-state index contributed by atoms with van der Waals surface area (Å²) in [5, 5.41) is 3.33. The van der Waals surface area contributed by atoms with E-state index in [0.29, 0.717) is 6.04 Å². The lowest BCUT2D eigenvalue weighted by molar-refractivity contribution is 0.175. The average molecular weight is 289 g/mol. The fraction of sp³-hybridized carbons (Fsp3) is 0.750. The van der Waals surface area contributed by atoms with Gasteiger partial charge in [0.2, 0.25) is 0 Å². The molecule has 3 heterocycles. The van der Waals surface area contributed by atoms with Gasteiger partial charge in [0.05, 0.1) is 0 Å². The predicted molar refractivity (Wildman–Crippen MR) is 87.0 cm³/mol. The van der Waals surface area contributed by atoms with Crippen molar-refractivity contribution in [2.24, 2.45) is 0 Å². The zero-order valence-electron chi connectivity index (χ0n) is 13.3. The van der Waals surface area contributed by atoms with E-state index in [0.717, 1.165) is 31.3 Å². The lowest BCUT2D eigenvalue weighted by Crippen LogP contribution is -2.41. The van der Waals surface area contributed by atoms with Crippen LogP contribution >= 0.6 is 0 Å². The summed E-state index contributed by atoms with van der Waals surface area (Å²) in [5.41, 5.74) is 1.18. The summed E-state index contributed by atoms with van der Waals surface area (Å²) in [5.74, 6) is 2.09. The van der Waals surface area contributed by atoms with Crippen molar-refractivity contribution in [3.05, 3.63) is 11.9 Å². The zero-order valence-corrected chi connectivity index (χ0v) is 13.3. The monoisotopic (exact) mass is 289 g/mol. The molecule has 0 spiro atoms. The molecular formula is C16H27N5. The molecule has 1 atom stereocenters. The maximum atomic E-state index is 4.54. The van der Waals surface area contributed by atoms with E-state index in [9.17, 15) is 0 Å². The summed E-state index contributed by atoms with van der Waals surface area (Å²) in [6, 6.07) is 0.710. The Kier molecular flexibility index (Phi) is 4.58. The number of hydrogen-bond donors (Lipinski definition) is 1. The lowest BCUT2D eigenvalue weighted by atomic mass is 10.1. The highest BCUT2D eigenvalue weighted by atomic mass is 15.3. The van der Waals surface area contributed by atoms with Crippen molar-refractivity contribution in [3.63, 3.8) is 0 Å². The first kappa shape index (κ1) is 14.6. The van der Waals surface area contributed by atoms with Crippen molar-refractivity contribution in [2.45, 2.75) is 45.6 Å². The zero-order chi connectivity index (χ0) is 14.7. The van der Waals surface area contributed by atoms with E-state index in [1.54, 1.807) is 6.33 Å². The smallest absolute Gasteiger partial charge is 0.137 e. The van der Waals surface area contributed by atoms with Gasteiger partial charge in [-0.25, -0.2) is 9.97 Å². The summed E-state index contributed by atoms with van der Waals surface area (Å²) in [6.07, 6.45) is 7.10. The van der Waals surface area contributed by atoms with Crippen LogP contribution in [0, 0.1) is 6.92 Å². The van der Waals surface area contributed by atoms with Gasteiger partial charge in [0, 0.05) is 31.2 Å². The summed E-state index contributed by atoms with van der Waals surface area (Å²) in [7, 11) is 0. The predicted octanol–water partition coefficient (Wildman–Crippen LogP) is 2.28. The van der Waals surface area contributed by atoms with Gasteiger partial charge in [-0.05, 0) is 46.2 Å². The van der Waals surface area contributed by atoms with Crippen LogP contribution in [0.15, 0.2) is 6.33 Å². The molecule has 0 aliphatic carbocycles. The van der Waals surface area contributed by atoms with Crippen LogP contribution in [0.4, 0.5) is 11.6 Å². The van der Waals surface area contributed by atoms with Crippen LogP contribution < -0.4 is 10.2 Å². The number of aromatic nitrogens is 2. The average Bonchev–Trinajstić information content (AvgIpc) is 3.00. The van der Waals surface area contributed by atoms with Crippen molar-refractivity contribution in [3.8, 4) is 0 Å². The summed E-state index contributed by atoms with van der Waals surface area (Å²) >= 11 is 0. The van der Waals surface area contributed by atoms with E-state index in [1.807, 2.05) is 0 Å². The largest absolute Gasteiger partial charge is 0.370 e. The molecule has 1 N–H and O–H groups in total. The minimum atomic E-state index is 0.710. The molecule has 0 amide bonds. The second-order valence-electron chi connectivity index (χ2n) is 6.19. The minimum absolute atomic E-state index is 0.710. The van der Waals surface area contributed by atoms with Crippen molar-refractivity contribution in [2.75, 3.05) is 42.9 Å². The number of nitrogens with zero attached hydrogens (tertiary/aromatic N) is 4. The molecule has 5 nitrogen and oxygen atoms in total. The summed E-state index contributed by atoms with van der Waals surface area (Å²) < 4.78 is 0. The Morgan fingerprint density at radius 2 is 2.00 bits per heavy atom. The third kappa shape index (κ3) is 3.12. The molecule has 0 aromatic carbocycles. The number of likely N-dealkylation sites (tertiary alicyclic amines) is 1. The molecular weight excluding hydrogens is 262 g/mol. The van der Waals surface area contributed by atoms with Gasteiger partial charge in [0.25, 0.3) is 0 Å². The lowest BCUT2D eigenvalue weighted by Gasteiger charge is -2.32. The van der Waals surface area contributed by atoms with Gasteiger partial charge in [0.15, 0.2) is 0 Å². The first-order valence-electron chi connectivity index (χ1n) is 8.34. The van der Waals surface area contributed by atoms with Crippen LogP contribution in [-0.4, -0.2) is 53.6 Å². The highest BCUT2D eigenvalue weighted by Crippen LogP contribution is 2.28. The number of rotatable bonds is 4. The molecule has 0 bridgehead atoms. The first-order chi connectivity index (χ1) is 10.3. The minimum Gasteiger partial charge on any atom is -0.370 e. The van der Waals surface area contributed by atoms with E-state index in [-0.39, 0.29) is 0 Å². The highest BCUT2D eigenvalue weighted by molar-refractivity contribution is 5.58. The van der Waals surface area contributed by atoms with E-state index in [4.69, 9.17) is 0 Å². The van der Waals surface area contributed by atoms with Crippen LogP contribution in [0.3, 0.4) is 0 Å². The van der Waals surface area contributed by atoms with Crippen molar-refractivity contribution in [1.82, 2.24) is 14.9 Å². The molecule has 2 fully saturated rings. The number of hydrogen-bond acceptors (Lipinski definition) is 5. The summed E-state index contributed by atoms with van der Waals surface area (Å²) in [4.78, 5) is 14.0. The van der Waals surface area contributed by atoms with Crippen LogP contribution in [0.25, 0.3) is 0 Å². The van der Waals surface area contributed by atoms with Gasteiger partial charge in [-0.2, -0.15) is 0 Å². The first-order valence-corrected chi connectivity index (χ1v) is 8.34. The number of anilines is 2. The topological polar surface area (TPSA) is 44.3 Å². The molecule has 5 heteroatoms. The third-order valence-electron chi connectivity index (χ3n) is 4.77. The third-order valence-corrected chi connectivity index (χ3v) is 4.77. The molecule has 2 aliphatic heterocycles. The van der Waals surface area contributed by atoms with E-state index >= 15 is 0 Å². The Morgan fingerprint density at radius 3 is 2.76 bits per heavy atom. The Morgan fingerprint density at radius 1 is 1.19 bits per heavy atom. The van der Waals surface area contributed by atoms with Crippen LogP contribution in [0.5, 0.6) is 0 Å². The van der Waals surface area contributed by atoms with Crippen molar-refractivity contribution >= 4 is 11.6 Å². The van der Waals surface area contributed by atoms with Gasteiger partial charge in [-0.3, -0.25) is 4.90 Å². The Labute approximate surface area is 127 Å². The van der Waals surface area contributed by atoms with Crippen molar-refractivity contribution < 1.29 is 0 Å². The van der Waals surface area contributed by atoms with Gasteiger partial charge in [0.1, 0.15) is 18.0 Å². The fourth-order valence-electron chi connectivity index (χ4n) is 3.62. The fourth-order valence-corrected chi connectivity index (χ4v) is 3.62. The molecule has 21 heavy (non-hydrogen) atoms. The van der Waals surface area contributed by atoms with E-state index in [2.05, 4.69) is 38.9 Å². The Balaban J connectivity index is 1.69. The van der Waals surface area contributed by atoms with Gasteiger partial charge >= 0.3 is 0 Å². The molecule has 2 aliphatic rings. The molecule has 1 aromatic rings. The van der Waals surface area contributed by atoms with Crippen molar-refractivity contribution in [1.29, 1.82) is 0 Å².